The number of hydrogen-bond donors (Lipinski definition) is 0. The van der Waals surface area contributed by atoms with Gasteiger partial charge in [0.1, 0.15) is 24.0 Å². The first-order valence-electron chi connectivity index (χ1n) is 7.95. The van der Waals surface area contributed by atoms with Gasteiger partial charge in [-0.25, -0.2) is 14.4 Å². The topological polar surface area (TPSA) is 51.4 Å². The van der Waals surface area contributed by atoms with Crippen LogP contribution in [-0.4, -0.2) is 30.2 Å². The average molecular weight is 337 g/mol. The number of anilines is 1. The summed E-state index contributed by atoms with van der Waals surface area (Å²) in [5, 5.41) is 0.956. The van der Waals surface area contributed by atoms with E-state index in [2.05, 4.69) is 9.97 Å². The first-order valence-corrected chi connectivity index (χ1v) is 7.95. The van der Waals surface area contributed by atoms with Crippen LogP contribution in [0.4, 0.5) is 10.2 Å². The summed E-state index contributed by atoms with van der Waals surface area (Å²) in [5.41, 5.74) is 2.19. The largest absolute Gasteiger partial charge is 0.489 e. The molecule has 6 heteroatoms. The summed E-state index contributed by atoms with van der Waals surface area (Å²) in [4.78, 5) is 10.6. The number of para-hydroxylation sites is 2. The number of aromatic nitrogens is 2. The van der Waals surface area contributed by atoms with Gasteiger partial charge in [-0.05, 0) is 24.3 Å². The van der Waals surface area contributed by atoms with Crippen molar-refractivity contribution in [2.24, 2.45) is 0 Å². The molecule has 0 aliphatic carbocycles. The molecule has 0 aliphatic rings. The average Bonchev–Trinajstić information content (AvgIpc) is 3.02. The molecule has 0 saturated carbocycles. The first-order chi connectivity index (χ1) is 12.2. The summed E-state index contributed by atoms with van der Waals surface area (Å²) in [6.07, 6.45) is 1.52. The van der Waals surface area contributed by atoms with Gasteiger partial charge in [-0.3, -0.25) is 0 Å². The van der Waals surface area contributed by atoms with Gasteiger partial charge in [0.25, 0.3) is 0 Å². The van der Waals surface area contributed by atoms with Gasteiger partial charge in [0.2, 0.25) is 0 Å². The highest BCUT2D eigenvalue weighted by atomic mass is 19.1. The van der Waals surface area contributed by atoms with Crippen LogP contribution in [0.3, 0.4) is 0 Å². The third-order valence-electron chi connectivity index (χ3n) is 4.02. The lowest BCUT2D eigenvalue weighted by atomic mass is 10.2. The molecule has 0 unspecified atom stereocenters. The molecule has 0 amide bonds. The zero-order valence-electron chi connectivity index (χ0n) is 13.6. The maximum atomic E-state index is 13.6. The van der Waals surface area contributed by atoms with Crippen molar-refractivity contribution in [3.63, 3.8) is 0 Å². The van der Waals surface area contributed by atoms with E-state index in [0.717, 1.165) is 16.5 Å². The van der Waals surface area contributed by atoms with Crippen molar-refractivity contribution in [3.8, 4) is 5.75 Å². The van der Waals surface area contributed by atoms with E-state index in [4.69, 9.17) is 9.15 Å². The predicted octanol–water partition coefficient (Wildman–Crippen LogP) is 4.03. The first kappa shape index (κ1) is 15.4. The molecule has 126 valence electrons. The number of nitrogens with zero attached hydrogens (tertiary/aromatic N) is 3. The normalized spacial score (nSPS) is 11.1. The Hall–Kier alpha value is -3.15. The van der Waals surface area contributed by atoms with E-state index in [0.29, 0.717) is 24.6 Å². The summed E-state index contributed by atoms with van der Waals surface area (Å²) in [7, 11) is 1.89. The highest BCUT2D eigenvalue weighted by Crippen LogP contribution is 2.31. The molecule has 2 aromatic carbocycles. The molecule has 0 atom stereocenters. The zero-order valence-corrected chi connectivity index (χ0v) is 13.6. The summed E-state index contributed by atoms with van der Waals surface area (Å²) in [5.74, 6) is 0.553. The fourth-order valence-electron chi connectivity index (χ4n) is 2.74. The highest BCUT2D eigenvalue weighted by Gasteiger charge is 2.15. The fraction of sp³-hybridized carbons (Fsp3) is 0.158. The quantitative estimate of drug-likeness (QED) is 0.550. The van der Waals surface area contributed by atoms with Gasteiger partial charge in [0.05, 0.1) is 6.54 Å². The molecular weight excluding hydrogens is 321 g/mol. The fourth-order valence-corrected chi connectivity index (χ4v) is 2.74. The van der Waals surface area contributed by atoms with E-state index < -0.39 is 0 Å². The van der Waals surface area contributed by atoms with E-state index in [1.165, 1.54) is 12.4 Å². The second kappa shape index (κ2) is 6.39. The third-order valence-corrected chi connectivity index (χ3v) is 4.02. The van der Waals surface area contributed by atoms with E-state index in [9.17, 15) is 4.39 Å². The maximum absolute atomic E-state index is 13.6. The van der Waals surface area contributed by atoms with Crippen LogP contribution in [0, 0.1) is 5.82 Å². The Balaban J connectivity index is 1.56. The summed E-state index contributed by atoms with van der Waals surface area (Å²) in [6, 6.07) is 14.1. The number of benzene rings is 2. The SMILES string of the molecule is CN(CCOc1ccccc1F)c1ncnc2c1oc1ccccc12. The van der Waals surface area contributed by atoms with Crippen LogP contribution in [0.15, 0.2) is 59.3 Å². The zero-order chi connectivity index (χ0) is 17.2. The van der Waals surface area contributed by atoms with Gasteiger partial charge in [-0.2, -0.15) is 0 Å². The van der Waals surface area contributed by atoms with Crippen LogP contribution in [-0.2, 0) is 0 Å². The van der Waals surface area contributed by atoms with Crippen molar-refractivity contribution < 1.29 is 13.5 Å². The monoisotopic (exact) mass is 337 g/mol. The van der Waals surface area contributed by atoms with E-state index >= 15 is 0 Å². The number of halogens is 1. The Bertz CT molecular complexity index is 1030. The Morgan fingerprint density at radius 2 is 1.88 bits per heavy atom. The number of hydrogen-bond acceptors (Lipinski definition) is 5. The molecule has 5 nitrogen and oxygen atoms in total. The van der Waals surface area contributed by atoms with Gasteiger partial charge in [-0.1, -0.05) is 24.3 Å². The number of rotatable bonds is 5. The Morgan fingerprint density at radius 1 is 1.08 bits per heavy atom. The molecular formula is C19H16FN3O2. The van der Waals surface area contributed by atoms with Crippen molar-refractivity contribution in [2.75, 3.05) is 25.1 Å². The molecule has 25 heavy (non-hydrogen) atoms. The van der Waals surface area contributed by atoms with Gasteiger partial charge in [0, 0.05) is 12.4 Å². The predicted molar refractivity (Wildman–Crippen MR) is 94.5 cm³/mol. The third kappa shape index (κ3) is 2.87. The lowest BCUT2D eigenvalue weighted by molar-refractivity contribution is 0.309. The molecule has 0 N–H and O–H groups in total. The molecule has 0 spiro atoms. The minimum absolute atomic E-state index is 0.243. The van der Waals surface area contributed by atoms with Crippen LogP contribution < -0.4 is 9.64 Å². The summed E-state index contributed by atoms with van der Waals surface area (Å²) < 4.78 is 25.0. The molecule has 0 aliphatic heterocycles. The molecule has 0 saturated heterocycles. The summed E-state index contributed by atoms with van der Waals surface area (Å²) in [6.45, 7) is 0.848. The van der Waals surface area contributed by atoms with Crippen LogP contribution in [0.2, 0.25) is 0 Å². The number of ether oxygens (including phenoxy) is 1. The van der Waals surface area contributed by atoms with Crippen molar-refractivity contribution in [1.82, 2.24) is 9.97 Å². The van der Waals surface area contributed by atoms with Gasteiger partial charge >= 0.3 is 0 Å². The molecule has 4 aromatic rings. The van der Waals surface area contributed by atoms with Crippen LogP contribution in [0.1, 0.15) is 0 Å². The van der Waals surface area contributed by atoms with Gasteiger partial charge in [-0.15, -0.1) is 0 Å². The minimum Gasteiger partial charge on any atom is -0.489 e. The van der Waals surface area contributed by atoms with Gasteiger partial charge < -0.3 is 14.1 Å². The smallest absolute Gasteiger partial charge is 0.196 e. The lowest BCUT2D eigenvalue weighted by Crippen LogP contribution is -2.25. The minimum atomic E-state index is -0.369. The van der Waals surface area contributed by atoms with Crippen LogP contribution >= 0.6 is 0 Å². The Morgan fingerprint density at radius 3 is 2.76 bits per heavy atom. The van der Waals surface area contributed by atoms with Gasteiger partial charge in [0.15, 0.2) is 23.0 Å². The number of likely N-dealkylation sites (N-methyl/N-ethyl adjacent to an activating group) is 1. The lowest BCUT2D eigenvalue weighted by Gasteiger charge is -2.18. The van der Waals surface area contributed by atoms with Crippen molar-refractivity contribution in [1.29, 1.82) is 0 Å². The molecule has 2 heterocycles. The van der Waals surface area contributed by atoms with E-state index in [1.54, 1.807) is 18.2 Å². The second-order valence-corrected chi connectivity index (χ2v) is 5.67. The number of furan rings is 1. The van der Waals surface area contributed by atoms with E-state index in [-0.39, 0.29) is 11.6 Å². The van der Waals surface area contributed by atoms with Crippen LogP contribution in [0.5, 0.6) is 5.75 Å². The van der Waals surface area contributed by atoms with Crippen LogP contribution in [0.25, 0.3) is 22.1 Å². The van der Waals surface area contributed by atoms with Crippen molar-refractivity contribution >= 4 is 27.9 Å². The molecule has 0 bridgehead atoms. The molecule has 4 rings (SSSR count). The standard InChI is InChI=1S/C19H16FN3O2/c1-23(10-11-24-16-9-5-3-7-14(16)20)19-18-17(21-12-22-19)13-6-2-4-8-15(13)25-18/h2-9,12H,10-11H2,1H3. The highest BCUT2D eigenvalue weighted by molar-refractivity contribution is 6.05. The summed E-state index contributed by atoms with van der Waals surface area (Å²) >= 11 is 0. The van der Waals surface area contributed by atoms with Crippen molar-refractivity contribution in [2.45, 2.75) is 0 Å². The Labute approximate surface area is 143 Å². The molecule has 2 aromatic heterocycles. The second-order valence-electron chi connectivity index (χ2n) is 5.67. The molecule has 0 radical (unpaired) electrons. The molecule has 0 fully saturated rings. The maximum Gasteiger partial charge on any atom is 0.196 e. The van der Waals surface area contributed by atoms with Crippen molar-refractivity contribution in [3.05, 3.63) is 60.7 Å². The Kier molecular flexibility index (Phi) is 3.93. The number of fused-ring (bicyclic) bond motifs is 3. The van der Waals surface area contributed by atoms with E-state index in [1.807, 2.05) is 36.2 Å².